The molecule has 0 fully saturated rings. The van der Waals surface area contributed by atoms with E-state index in [1.807, 2.05) is 42.5 Å². The summed E-state index contributed by atoms with van der Waals surface area (Å²) in [5, 5.41) is 14.2. The zero-order valence-electron chi connectivity index (χ0n) is 15.9. The fourth-order valence-electron chi connectivity index (χ4n) is 3.80. The van der Waals surface area contributed by atoms with Crippen LogP contribution in [0.4, 0.5) is 0 Å². The number of aromatic hydroxyl groups is 1. The van der Waals surface area contributed by atoms with Crippen LogP contribution in [0.25, 0.3) is 43.6 Å². The van der Waals surface area contributed by atoms with Crippen LogP contribution in [0.2, 0.25) is 0 Å². The summed E-state index contributed by atoms with van der Waals surface area (Å²) in [6, 6.07) is 27.9. The number of ether oxygens (including phenoxy) is 1. The Labute approximate surface area is 167 Å². The summed E-state index contributed by atoms with van der Waals surface area (Å²) < 4.78 is 5.20. The maximum atomic E-state index is 9.34. The molecular formula is C25H20N2O2. The zero-order valence-corrected chi connectivity index (χ0v) is 15.9. The molecule has 6 aromatic rings. The van der Waals surface area contributed by atoms with Gasteiger partial charge in [0.2, 0.25) is 0 Å². The number of rotatable bonds is 1. The van der Waals surface area contributed by atoms with Crippen molar-refractivity contribution < 1.29 is 9.84 Å². The predicted octanol–water partition coefficient (Wildman–Crippen LogP) is 6.36. The molecule has 4 nitrogen and oxygen atoms in total. The standard InChI is InChI=1S/C13H11NO.C12H9NO/c1-15-9-6-7-11-10-4-2-3-5-12(10)14-13(11)8-9;14-8-5-6-10-9-3-1-2-4-11(9)13-12(10)7-8/h2-8,14H,1H3;1-7,13-14H. The number of phenols is 1. The van der Waals surface area contributed by atoms with Gasteiger partial charge in [-0.25, -0.2) is 0 Å². The van der Waals surface area contributed by atoms with Crippen molar-refractivity contribution in [2.75, 3.05) is 7.11 Å². The molecule has 29 heavy (non-hydrogen) atoms. The summed E-state index contributed by atoms with van der Waals surface area (Å²) in [5.74, 6) is 1.18. The van der Waals surface area contributed by atoms with E-state index in [0.717, 1.165) is 27.7 Å². The van der Waals surface area contributed by atoms with E-state index in [1.165, 1.54) is 21.7 Å². The fraction of sp³-hybridized carbons (Fsp3) is 0.0400. The maximum Gasteiger partial charge on any atom is 0.120 e. The molecule has 142 valence electrons. The molecule has 4 heteroatoms. The van der Waals surface area contributed by atoms with Crippen LogP contribution in [0.15, 0.2) is 84.9 Å². The third kappa shape index (κ3) is 3.05. The number of para-hydroxylation sites is 2. The third-order valence-corrected chi connectivity index (χ3v) is 5.20. The van der Waals surface area contributed by atoms with Crippen molar-refractivity contribution in [3.05, 3.63) is 84.9 Å². The number of fused-ring (bicyclic) bond motifs is 6. The predicted molar refractivity (Wildman–Crippen MR) is 120 cm³/mol. The van der Waals surface area contributed by atoms with Gasteiger partial charge in [-0.1, -0.05) is 36.4 Å². The lowest BCUT2D eigenvalue weighted by Gasteiger charge is -1.98. The van der Waals surface area contributed by atoms with Crippen molar-refractivity contribution in [1.29, 1.82) is 0 Å². The highest BCUT2D eigenvalue weighted by molar-refractivity contribution is 6.08. The van der Waals surface area contributed by atoms with Gasteiger partial charge in [0.15, 0.2) is 0 Å². The SMILES string of the molecule is COc1ccc2c(c1)[nH]c1ccccc12.Oc1ccc2c(c1)[nH]c1ccccc12. The number of aromatic nitrogens is 2. The Morgan fingerprint density at radius 1 is 0.586 bits per heavy atom. The van der Waals surface area contributed by atoms with E-state index in [4.69, 9.17) is 4.74 Å². The van der Waals surface area contributed by atoms with Gasteiger partial charge in [-0.2, -0.15) is 0 Å². The summed E-state index contributed by atoms with van der Waals surface area (Å²) in [6.07, 6.45) is 0. The summed E-state index contributed by atoms with van der Waals surface area (Å²) in [7, 11) is 1.68. The molecule has 0 bridgehead atoms. The number of aromatic amines is 2. The van der Waals surface area contributed by atoms with Crippen molar-refractivity contribution >= 4 is 43.6 Å². The second-order valence-corrected chi connectivity index (χ2v) is 6.98. The molecule has 0 saturated heterocycles. The Morgan fingerprint density at radius 3 is 1.72 bits per heavy atom. The fourth-order valence-corrected chi connectivity index (χ4v) is 3.80. The first-order valence-electron chi connectivity index (χ1n) is 9.47. The molecule has 0 atom stereocenters. The molecule has 4 aromatic carbocycles. The zero-order chi connectivity index (χ0) is 19.8. The average Bonchev–Trinajstić information content (AvgIpc) is 3.31. The summed E-state index contributed by atoms with van der Waals surface area (Å²) in [6.45, 7) is 0. The van der Waals surface area contributed by atoms with Gasteiger partial charge in [-0.05, 0) is 36.4 Å². The van der Waals surface area contributed by atoms with Gasteiger partial charge in [0.1, 0.15) is 11.5 Å². The Bertz CT molecular complexity index is 1460. The highest BCUT2D eigenvalue weighted by Crippen LogP contribution is 2.28. The maximum absolute atomic E-state index is 9.34. The van der Waals surface area contributed by atoms with E-state index < -0.39 is 0 Å². The van der Waals surface area contributed by atoms with Crippen molar-refractivity contribution in [3.63, 3.8) is 0 Å². The Hall–Kier alpha value is -3.92. The molecule has 0 saturated carbocycles. The lowest BCUT2D eigenvalue weighted by atomic mass is 10.1. The van der Waals surface area contributed by atoms with Crippen LogP contribution < -0.4 is 4.74 Å². The number of hydrogen-bond donors (Lipinski definition) is 3. The van der Waals surface area contributed by atoms with E-state index in [2.05, 4.69) is 40.3 Å². The molecule has 2 heterocycles. The van der Waals surface area contributed by atoms with Crippen LogP contribution in [0.1, 0.15) is 0 Å². The molecule has 6 rings (SSSR count). The monoisotopic (exact) mass is 380 g/mol. The molecule has 0 aliphatic heterocycles. The molecular weight excluding hydrogens is 360 g/mol. The Kier molecular flexibility index (Phi) is 4.10. The number of H-pyrrole nitrogens is 2. The third-order valence-electron chi connectivity index (χ3n) is 5.20. The molecule has 0 unspecified atom stereocenters. The largest absolute Gasteiger partial charge is 0.508 e. The molecule has 0 aliphatic carbocycles. The Balaban J connectivity index is 0.000000125. The Morgan fingerprint density at radius 2 is 1.10 bits per heavy atom. The summed E-state index contributed by atoms with van der Waals surface area (Å²) in [4.78, 5) is 6.63. The van der Waals surface area contributed by atoms with Gasteiger partial charge < -0.3 is 19.8 Å². The van der Waals surface area contributed by atoms with Crippen LogP contribution in [-0.2, 0) is 0 Å². The number of nitrogens with one attached hydrogen (secondary N) is 2. The molecule has 0 aliphatic rings. The van der Waals surface area contributed by atoms with E-state index in [-0.39, 0.29) is 0 Å². The molecule has 2 aromatic heterocycles. The second kappa shape index (κ2) is 6.91. The van der Waals surface area contributed by atoms with Crippen molar-refractivity contribution in [3.8, 4) is 11.5 Å². The van der Waals surface area contributed by atoms with Crippen LogP contribution in [0, 0.1) is 0 Å². The molecule has 0 amide bonds. The highest BCUT2D eigenvalue weighted by Gasteiger charge is 2.04. The first-order chi connectivity index (χ1) is 14.2. The van der Waals surface area contributed by atoms with E-state index >= 15 is 0 Å². The molecule has 0 radical (unpaired) electrons. The van der Waals surface area contributed by atoms with Crippen LogP contribution >= 0.6 is 0 Å². The lowest BCUT2D eigenvalue weighted by molar-refractivity contribution is 0.415. The van der Waals surface area contributed by atoms with Crippen LogP contribution in [0.5, 0.6) is 11.5 Å². The van der Waals surface area contributed by atoms with E-state index in [9.17, 15) is 5.11 Å². The normalized spacial score (nSPS) is 11.1. The summed E-state index contributed by atoms with van der Waals surface area (Å²) >= 11 is 0. The van der Waals surface area contributed by atoms with Gasteiger partial charge in [-0.15, -0.1) is 0 Å². The highest BCUT2D eigenvalue weighted by atomic mass is 16.5. The molecule has 0 spiro atoms. The quantitative estimate of drug-likeness (QED) is 0.311. The van der Waals surface area contributed by atoms with Gasteiger partial charge in [0, 0.05) is 44.7 Å². The molecule has 3 N–H and O–H groups in total. The number of hydrogen-bond acceptors (Lipinski definition) is 2. The smallest absolute Gasteiger partial charge is 0.120 e. The van der Waals surface area contributed by atoms with Crippen LogP contribution in [-0.4, -0.2) is 22.2 Å². The van der Waals surface area contributed by atoms with Gasteiger partial charge in [0.05, 0.1) is 18.1 Å². The first kappa shape index (κ1) is 17.2. The average molecular weight is 380 g/mol. The number of phenolic OH excluding ortho intramolecular Hbond substituents is 1. The number of methoxy groups -OCH3 is 1. The van der Waals surface area contributed by atoms with Crippen molar-refractivity contribution in [2.45, 2.75) is 0 Å². The minimum atomic E-state index is 0.295. The first-order valence-corrected chi connectivity index (χ1v) is 9.47. The minimum Gasteiger partial charge on any atom is -0.508 e. The van der Waals surface area contributed by atoms with Gasteiger partial charge in [-0.3, -0.25) is 0 Å². The van der Waals surface area contributed by atoms with E-state index in [0.29, 0.717) is 5.75 Å². The van der Waals surface area contributed by atoms with E-state index in [1.54, 1.807) is 19.2 Å². The second-order valence-electron chi connectivity index (χ2n) is 6.98. The lowest BCUT2D eigenvalue weighted by Crippen LogP contribution is -1.80. The summed E-state index contributed by atoms with van der Waals surface area (Å²) in [5.41, 5.74) is 4.37. The minimum absolute atomic E-state index is 0.295. The van der Waals surface area contributed by atoms with Crippen LogP contribution in [0.3, 0.4) is 0 Å². The van der Waals surface area contributed by atoms with Gasteiger partial charge in [0.25, 0.3) is 0 Å². The van der Waals surface area contributed by atoms with Gasteiger partial charge >= 0.3 is 0 Å². The van der Waals surface area contributed by atoms with Crippen molar-refractivity contribution in [1.82, 2.24) is 9.97 Å². The number of benzene rings is 4. The topological polar surface area (TPSA) is 61.0 Å². The van der Waals surface area contributed by atoms with Crippen molar-refractivity contribution in [2.24, 2.45) is 0 Å².